The van der Waals surface area contributed by atoms with Crippen LogP contribution in [0.5, 0.6) is 5.75 Å². The number of aliphatic hydroxyl groups excluding tert-OH is 1. The molecule has 10 heteroatoms. The van der Waals surface area contributed by atoms with E-state index < -0.39 is 11.5 Å². The molecule has 3 heterocycles. The number of fused-ring (bicyclic) bond motifs is 1. The normalized spacial score (nSPS) is 16.2. The minimum Gasteiger partial charge on any atom is -0.497 e. The summed E-state index contributed by atoms with van der Waals surface area (Å²) in [5.74, 6) is 1.23. The summed E-state index contributed by atoms with van der Waals surface area (Å²) in [6.07, 6.45) is 4.81. The summed E-state index contributed by atoms with van der Waals surface area (Å²) in [6.45, 7) is 2.41. The maximum Gasteiger partial charge on any atom is 0.249 e. The van der Waals surface area contributed by atoms with Crippen molar-refractivity contribution in [3.63, 3.8) is 0 Å². The molecule has 1 aliphatic rings. The fraction of sp³-hybridized carbons (Fsp3) is 0.464. The summed E-state index contributed by atoms with van der Waals surface area (Å²) in [5.41, 5.74) is 3.52. The maximum absolute atomic E-state index is 12.9. The Hall–Kier alpha value is -2.92. The van der Waals surface area contributed by atoms with Gasteiger partial charge in [0.25, 0.3) is 0 Å². The van der Waals surface area contributed by atoms with E-state index in [1.165, 1.54) is 0 Å². The monoisotopic (exact) mass is 539 g/mol. The van der Waals surface area contributed by atoms with Crippen LogP contribution >= 0.6 is 11.8 Å². The molecule has 1 fully saturated rings. The summed E-state index contributed by atoms with van der Waals surface area (Å²) in [6, 6.07) is 11.5. The van der Waals surface area contributed by atoms with Gasteiger partial charge in [0.1, 0.15) is 5.75 Å². The highest BCUT2D eigenvalue weighted by molar-refractivity contribution is 7.99. The number of rotatable bonds is 11. The number of pyridine rings is 2. The molecule has 1 aliphatic heterocycles. The largest absolute Gasteiger partial charge is 0.497 e. The second-order valence-corrected chi connectivity index (χ2v) is 11.1. The standard InChI is InChI=1S/C28H37N5O4S/c1-32(2)23-19-30-22-8-7-20(37-3)18-21(22)26(23)24(34)9-10-28(27(35)31-36)11-14-33(15-12-28)16-17-38-25-6-4-5-13-29-25/h4-8,13,18-19,24,34,36H,9-12,14-17H2,1-3H3,(H,31,35). The molecule has 1 unspecified atom stereocenters. The minimum atomic E-state index is -0.818. The molecule has 204 valence electrons. The van der Waals surface area contributed by atoms with E-state index in [0.717, 1.165) is 52.6 Å². The van der Waals surface area contributed by atoms with Gasteiger partial charge < -0.3 is 19.6 Å². The zero-order valence-electron chi connectivity index (χ0n) is 22.3. The Morgan fingerprint density at radius 2 is 2.03 bits per heavy atom. The van der Waals surface area contributed by atoms with Crippen LogP contribution in [0, 0.1) is 5.41 Å². The molecule has 2 aromatic heterocycles. The Kier molecular flexibility index (Phi) is 9.43. The molecule has 0 radical (unpaired) electrons. The number of ether oxygens (including phenoxy) is 1. The predicted molar refractivity (Wildman–Crippen MR) is 150 cm³/mol. The van der Waals surface area contributed by atoms with Crippen molar-refractivity contribution in [3.8, 4) is 5.75 Å². The maximum atomic E-state index is 12.9. The number of nitrogens with one attached hydrogen (secondary N) is 1. The van der Waals surface area contributed by atoms with Crippen LogP contribution in [-0.2, 0) is 4.79 Å². The average Bonchev–Trinajstić information content (AvgIpc) is 2.95. The van der Waals surface area contributed by atoms with Crippen LogP contribution in [0.1, 0.15) is 37.4 Å². The predicted octanol–water partition coefficient (Wildman–Crippen LogP) is 3.90. The van der Waals surface area contributed by atoms with Crippen LogP contribution in [0.15, 0.2) is 53.8 Å². The fourth-order valence-electron chi connectivity index (χ4n) is 5.20. The lowest BCUT2D eigenvalue weighted by atomic mass is 9.73. The van der Waals surface area contributed by atoms with Crippen LogP contribution in [-0.4, -0.2) is 77.7 Å². The smallest absolute Gasteiger partial charge is 0.249 e. The van der Waals surface area contributed by atoms with E-state index in [2.05, 4.69) is 14.9 Å². The second-order valence-electron chi connectivity index (χ2n) is 9.97. The summed E-state index contributed by atoms with van der Waals surface area (Å²) in [5, 5.41) is 22.9. The van der Waals surface area contributed by atoms with Crippen molar-refractivity contribution in [3.05, 3.63) is 54.4 Å². The van der Waals surface area contributed by atoms with E-state index in [-0.39, 0.29) is 5.91 Å². The van der Waals surface area contributed by atoms with Crippen LogP contribution in [0.4, 0.5) is 5.69 Å². The highest BCUT2D eigenvalue weighted by Gasteiger charge is 2.41. The first-order chi connectivity index (χ1) is 18.4. The molecule has 1 aromatic carbocycles. The zero-order chi connectivity index (χ0) is 27.1. The van der Waals surface area contributed by atoms with Crippen molar-refractivity contribution in [2.24, 2.45) is 5.41 Å². The van der Waals surface area contributed by atoms with Gasteiger partial charge in [-0.05, 0) is 69.1 Å². The topological polar surface area (TPSA) is 111 Å². The van der Waals surface area contributed by atoms with Crippen molar-refractivity contribution in [1.82, 2.24) is 20.3 Å². The van der Waals surface area contributed by atoms with E-state index in [4.69, 9.17) is 4.74 Å². The Balaban J connectivity index is 1.45. The van der Waals surface area contributed by atoms with E-state index in [1.54, 1.807) is 31.3 Å². The third-order valence-electron chi connectivity index (χ3n) is 7.50. The number of carbonyl (C=O) groups is 1. The summed E-state index contributed by atoms with van der Waals surface area (Å²) in [4.78, 5) is 26.1. The lowest BCUT2D eigenvalue weighted by Gasteiger charge is -2.40. The van der Waals surface area contributed by atoms with Crippen molar-refractivity contribution in [1.29, 1.82) is 0 Å². The number of benzene rings is 1. The van der Waals surface area contributed by atoms with E-state index in [9.17, 15) is 15.1 Å². The SMILES string of the molecule is COc1ccc2ncc(N(C)C)c(C(O)CCC3(C(=O)NO)CCN(CCSc4ccccn4)CC3)c2c1. The van der Waals surface area contributed by atoms with Crippen LogP contribution in [0.3, 0.4) is 0 Å². The lowest BCUT2D eigenvalue weighted by Crippen LogP contribution is -2.48. The van der Waals surface area contributed by atoms with E-state index >= 15 is 0 Å². The zero-order valence-corrected chi connectivity index (χ0v) is 23.1. The molecule has 38 heavy (non-hydrogen) atoms. The number of aliphatic hydroxyl groups is 1. The minimum absolute atomic E-state index is 0.374. The number of amides is 1. The molecule has 0 spiro atoms. The Morgan fingerprint density at radius 3 is 2.68 bits per heavy atom. The van der Waals surface area contributed by atoms with Crippen LogP contribution < -0.4 is 15.1 Å². The summed E-state index contributed by atoms with van der Waals surface area (Å²) >= 11 is 1.72. The first kappa shape index (κ1) is 28.1. The van der Waals surface area contributed by atoms with Crippen molar-refractivity contribution in [2.75, 3.05) is 51.5 Å². The van der Waals surface area contributed by atoms with Gasteiger partial charge in [-0.15, -0.1) is 11.8 Å². The molecule has 1 atom stereocenters. The number of hydrogen-bond donors (Lipinski definition) is 3. The van der Waals surface area contributed by atoms with Gasteiger partial charge in [0.15, 0.2) is 0 Å². The van der Waals surface area contributed by atoms with Crippen LogP contribution in [0.25, 0.3) is 10.9 Å². The third kappa shape index (κ3) is 6.37. The molecule has 1 amide bonds. The first-order valence-electron chi connectivity index (χ1n) is 12.9. The van der Waals surface area contributed by atoms with E-state index in [1.807, 2.05) is 60.9 Å². The van der Waals surface area contributed by atoms with Gasteiger partial charge >= 0.3 is 0 Å². The van der Waals surface area contributed by atoms with Gasteiger partial charge in [-0.3, -0.25) is 15.0 Å². The van der Waals surface area contributed by atoms with Gasteiger partial charge in [0.05, 0.1) is 41.1 Å². The van der Waals surface area contributed by atoms with Gasteiger partial charge in [-0.25, -0.2) is 10.5 Å². The number of aromatic nitrogens is 2. The number of carbonyl (C=O) groups excluding carboxylic acids is 1. The number of hydroxylamine groups is 1. The molecular weight excluding hydrogens is 502 g/mol. The van der Waals surface area contributed by atoms with Crippen molar-refractivity contribution < 1.29 is 19.8 Å². The quantitative estimate of drug-likeness (QED) is 0.190. The number of hydrogen-bond acceptors (Lipinski definition) is 9. The highest BCUT2D eigenvalue weighted by Crippen LogP contribution is 2.41. The number of piperidine rings is 1. The summed E-state index contributed by atoms with van der Waals surface area (Å²) < 4.78 is 5.42. The number of likely N-dealkylation sites (tertiary alicyclic amines) is 1. The molecule has 3 aromatic rings. The Morgan fingerprint density at radius 1 is 1.24 bits per heavy atom. The number of nitrogens with zero attached hydrogens (tertiary/aromatic N) is 4. The molecule has 0 bridgehead atoms. The third-order valence-corrected chi connectivity index (χ3v) is 8.42. The summed E-state index contributed by atoms with van der Waals surface area (Å²) in [7, 11) is 5.45. The van der Waals surface area contributed by atoms with Gasteiger partial charge in [-0.2, -0.15) is 0 Å². The molecule has 4 rings (SSSR count). The number of thioether (sulfide) groups is 1. The van der Waals surface area contributed by atoms with E-state index in [0.29, 0.717) is 31.4 Å². The molecule has 0 aliphatic carbocycles. The fourth-order valence-corrected chi connectivity index (χ4v) is 6.07. The molecule has 9 nitrogen and oxygen atoms in total. The van der Waals surface area contributed by atoms with Gasteiger partial charge in [-0.1, -0.05) is 6.07 Å². The number of anilines is 1. The van der Waals surface area contributed by atoms with Crippen LogP contribution in [0.2, 0.25) is 0 Å². The van der Waals surface area contributed by atoms with Gasteiger partial charge in [0, 0.05) is 43.5 Å². The lowest BCUT2D eigenvalue weighted by molar-refractivity contribution is -0.143. The number of methoxy groups -OCH3 is 1. The molecular formula is C28H37N5O4S. The van der Waals surface area contributed by atoms with Crippen molar-refractivity contribution in [2.45, 2.75) is 36.8 Å². The van der Waals surface area contributed by atoms with Gasteiger partial charge in [0.2, 0.25) is 5.91 Å². The molecule has 3 N–H and O–H groups in total. The second kappa shape index (κ2) is 12.8. The average molecular weight is 540 g/mol. The van der Waals surface area contributed by atoms with Crippen molar-refractivity contribution >= 4 is 34.3 Å². The Bertz CT molecular complexity index is 1220. The molecule has 0 saturated carbocycles. The molecule has 1 saturated heterocycles. The highest BCUT2D eigenvalue weighted by atomic mass is 32.2. The Labute approximate surface area is 228 Å². The first-order valence-corrected chi connectivity index (χ1v) is 13.9.